The molecule has 2 aromatic rings. The van der Waals surface area contributed by atoms with Crippen LogP contribution < -0.4 is 5.32 Å². The molecular weight excluding hydrogens is 360 g/mol. The van der Waals surface area contributed by atoms with Crippen LogP contribution in [0.4, 0.5) is 0 Å². The molecule has 1 aliphatic rings. The summed E-state index contributed by atoms with van der Waals surface area (Å²) in [7, 11) is 1.35. The highest BCUT2D eigenvalue weighted by atomic mass is 16.5. The van der Waals surface area contributed by atoms with Crippen LogP contribution >= 0.6 is 0 Å². The van der Waals surface area contributed by atoms with E-state index in [2.05, 4.69) is 25.1 Å². The number of nitrogens with one attached hydrogen (secondary N) is 1. The SMILES string of the molecule is COC(=O)c1ccc(CNC(=O)C(C)N2CCCC(c3nc(C)no3)C2)cc1. The number of ether oxygens (including phenoxy) is 1. The molecule has 1 saturated heterocycles. The van der Waals surface area contributed by atoms with Crippen molar-refractivity contribution < 1.29 is 18.8 Å². The summed E-state index contributed by atoms with van der Waals surface area (Å²) in [5.74, 6) is 1.05. The van der Waals surface area contributed by atoms with Crippen LogP contribution in [0.15, 0.2) is 28.8 Å². The maximum atomic E-state index is 12.6. The average molecular weight is 386 g/mol. The van der Waals surface area contributed by atoms with Gasteiger partial charge in [0.15, 0.2) is 5.82 Å². The van der Waals surface area contributed by atoms with Gasteiger partial charge >= 0.3 is 5.97 Å². The zero-order chi connectivity index (χ0) is 20.1. The summed E-state index contributed by atoms with van der Waals surface area (Å²) in [6.45, 7) is 5.72. The van der Waals surface area contributed by atoms with Crippen LogP contribution in [0.2, 0.25) is 0 Å². The topological polar surface area (TPSA) is 97.6 Å². The van der Waals surface area contributed by atoms with Crippen LogP contribution in [0, 0.1) is 6.92 Å². The number of carbonyl (C=O) groups is 2. The maximum Gasteiger partial charge on any atom is 0.337 e. The number of hydrogen-bond acceptors (Lipinski definition) is 7. The lowest BCUT2D eigenvalue weighted by atomic mass is 9.96. The molecule has 150 valence electrons. The van der Waals surface area contributed by atoms with E-state index in [4.69, 9.17) is 4.52 Å². The Morgan fingerprint density at radius 1 is 1.36 bits per heavy atom. The second-order valence-corrected chi connectivity index (χ2v) is 7.10. The van der Waals surface area contributed by atoms with Crippen molar-refractivity contribution in [2.45, 2.75) is 45.2 Å². The molecule has 0 bridgehead atoms. The quantitative estimate of drug-likeness (QED) is 0.759. The second kappa shape index (κ2) is 8.97. The van der Waals surface area contributed by atoms with Crippen LogP contribution in [0.5, 0.6) is 0 Å². The zero-order valence-corrected chi connectivity index (χ0v) is 16.5. The van der Waals surface area contributed by atoms with Gasteiger partial charge in [-0.2, -0.15) is 4.98 Å². The van der Waals surface area contributed by atoms with E-state index in [1.807, 2.05) is 19.1 Å². The molecule has 1 amide bonds. The fraction of sp³-hybridized carbons (Fsp3) is 0.500. The Balaban J connectivity index is 1.53. The highest BCUT2D eigenvalue weighted by Gasteiger charge is 2.30. The summed E-state index contributed by atoms with van der Waals surface area (Å²) in [5, 5.41) is 6.84. The Bertz CT molecular complexity index is 818. The molecule has 1 aromatic heterocycles. The molecule has 0 aliphatic carbocycles. The number of aromatic nitrogens is 2. The molecule has 1 aliphatic heterocycles. The van der Waals surface area contributed by atoms with Crippen LogP contribution in [-0.2, 0) is 16.1 Å². The fourth-order valence-electron chi connectivity index (χ4n) is 3.42. The van der Waals surface area contributed by atoms with Gasteiger partial charge in [0.2, 0.25) is 11.8 Å². The van der Waals surface area contributed by atoms with E-state index < -0.39 is 0 Å². The van der Waals surface area contributed by atoms with Crippen molar-refractivity contribution in [3.05, 3.63) is 47.1 Å². The summed E-state index contributed by atoms with van der Waals surface area (Å²) in [5.41, 5.74) is 1.41. The van der Waals surface area contributed by atoms with Crippen molar-refractivity contribution in [2.24, 2.45) is 0 Å². The van der Waals surface area contributed by atoms with Gasteiger partial charge in [-0.3, -0.25) is 9.69 Å². The molecule has 2 heterocycles. The minimum Gasteiger partial charge on any atom is -0.465 e. The number of methoxy groups -OCH3 is 1. The van der Waals surface area contributed by atoms with Gasteiger partial charge < -0.3 is 14.6 Å². The van der Waals surface area contributed by atoms with E-state index in [1.54, 1.807) is 19.1 Å². The molecular formula is C20H26N4O4. The molecule has 2 atom stereocenters. The number of benzene rings is 1. The Kier molecular flexibility index (Phi) is 6.41. The van der Waals surface area contributed by atoms with Gasteiger partial charge in [0.25, 0.3) is 0 Å². The predicted octanol–water partition coefficient (Wildman–Crippen LogP) is 2.05. The molecule has 3 rings (SSSR count). The lowest BCUT2D eigenvalue weighted by Gasteiger charge is -2.34. The van der Waals surface area contributed by atoms with Crippen LogP contribution in [0.1, 0.15) is 53.3 Å². The summed E-state index contributed by atoms with van der Waals surface area (Å²) in [4.78, 5) is 30.6. The van der Waals surface area contributed by atoms with E-state index in [1.165, 1.54) is 7.11 Å². The number of carbonyl (C=O) groups excluding carboxylic acids is 2. The molecule has 8 heteroatoms. The first kappa shape index (κ1) is 20.0. The molecule has 8 nitrogen and oxygen atoms in total. The monoisotopic (exact) mass is 386 g/mol. The van der Waals surface area contributed by atoms with Gasteiger partial charge in [-0.05, 0) is 50.9 Å². The van der Waals surface area contributed by atoms with Gasteiger partial charge in [0, 0.05) is 13.1 Å². The summed E-state index contributed by atoms with van der Waals surface area (Å²) >= 11 is 0. The lowest BCUT2D eigenvalue weighted by molar-refractivity contribution is -0.126. The van der Waals surface area contributed by atoms with Gasteiger partial charge in [-0.1, -0.05) is 17.3 Å². The summed E-state index contributed by atoms with van der Waals surface area (Å²) < 4.78 is 10.00. The number of likely N-dealkylation sites (tertiary alicyclic amines) is 1. The zero-order valence-electron chi connectivity index (χ0n) is 16.5. The Hall–Kier alpha value is -2.74. The predicted molar refractivity (Wildman–Crippen MR) is 102 cm³/mol. The Labute approximate surface area is 164 Å². The van der Waals surface area contributed by atoms with E-state index in [9.17, 15) is 9.59 Å². The molecule has 2 unspecified atom stereocenters. The molecule has 0 radical (unpaired) electrons. The summed E-state index contributed by atoms with van der Waals surface area (Å²) in [6.07, 6.45) is 1.97. The molecule has 28 heavy (non-hydrogen) atoms. The first-order valence-electron chi connectivity index (χ1n) is 9.47. The standard InChI is InChI=1S/C20H26N4O4/c1-13(24-10-4-5-17(12-24)19-22-14(2)23-28-19)18(25)21-11-15-6-8-16(9-7-15)20(26)27-3/h6-9,13,17H,4-5,10-12H2,1-3H3,(H,21,25). The largest absolute Gasteiger partial charge is 0.465 e. The number of nitrogens with zero attached hydrogens (tertiary/aromatic N) is 3. The Morgan fingerprint density at radius 3 is 2.75 bits per heavy atom. The fourth-order valence-corrected chi connectivity index (χ4v) is 3.42. The van der Waals surface area contributed by atoms with Gasteiger partial charge in [0.05, 0.1) is 24.6 Å². The van der Waals surface area contributed by atoms with Crippen molar-refractivity contribution in [1.82, 2.24) is 20.4 Å². The van der Waals surface area contributed by atoms with Gasteiger partial charge in [0.1, 0.15) is 0 Å². The van der Waals surface area contributed by atoms with Crippen LogP contribution in [-0.4, -0.2) is 53.2 Å². The Morgan fingerprint density at radius 2 is 2.11 bits per heavy atom. The highest BCUT2D eigenvalue weighted by Crippen LogP contribution is 2.26. The molecule has 1 aromatic carbocycles. The third-order valence-electron chi connectivity index (χ3n) is 5.11. The van der Waals surface area contributed by atoms with E-state index >= 15 is 0 Å². The summed E-state index contributed by atoms with van der Waals surface area (Å²) in [6, 6.07) is 6.76. The minimum absolute atomic E-state index is 0.0283. The van der Waals surface area contributed by atoms with Crippen molar-refractivity contribution in [3.63, 3.8) is 0 Å². The first-order valence-corrected chi connectivity index (χ1v) is 9.47. The molecule has 1 fully saturated rings. The number of rotatable bonds is 6. The van der Waals surface area contributed by atoms with Crippen molar-refractivity contribution >= 4 is 11.9 Å². The van der Waals surface area contributed by atoms with Gasteiger partial charge in [-0.25, -0.2) is 4.79 Å². The van der Waals surface area contributed by atoms with E-state index in [0.717, 1.165) is 31.5 Å². The number of hydrogen-bond donors (Lipinski definition) is 1. The van der Waals surface area contributed by atoms with Gasteiger partial charge in [-0.15, -0.1) is 0 Å². The second-order valence-electron chi connectivity index (χ2n) is 7.10. The third-order valence-corrected chi connectivity index (χ3v) is 5.11. The smallest absolute Gasteiger partial charge is 0.337 e. The van der Waals surface area contributed by atoms with E-state index in [0.29, 0.717) is 23.8 Å². The highest BCUT2D eigenvalue weighted by molar-refractivity contribution is 5.89. The number of esters is 1. The normalized spacial score (nSPS) is 18.5. The van der Waals surface area contributed by atoms with Crippen LogP contribution in [0.25, 0.3) is 0 Å². The van der Waals surface area contributed by atoms with Crippen molar-refractivity contribution in [2.75, 3.05) is 20.2 Å². The van der Waals surface area contributed by atoms with Crippen LogP contribution in [0.3, 0.4) is 0 Å². The number of aryl methyl sites for hydroxylation is 1. The average Bonchev–Trinajstić information content (AvgIpc) is 3.17. The molecule has 1 N–H and O–H groups in total. The van der Waals surface area contributed by atoms with Crippen molar-refractivity contribution in [3.8, 4) is 0 Å². The third kappa shape index (κ3) is 4.75. The first-order chi connectivity index (χ1) is 13.5. The maximum absolute atomic E-state index is 12.6. The number of piperidine rings is 1. The lowest BCUT2D eigenvalue weighted by Crippen LogP contribution is -2.48. The van der Waals surface area contributed by atoms with E-state index in [-0.39, 0.29) is 23.8 Å². The molecule has 0 saturated carbocycles. The molecule has 0 spiro atoms. The van der Waals surface area contributed by atoms with Crippen molar-refractivity contribution in [1.29, 1.82) is 0 Å². The number of amides is 1. The minimum atomic E-state index is -0.375.